The molecule has 1 aliphatic rings. The number of amides is 2. The van der Waals surface area contributed by atoms with E-state index >= 15 is 0 Å². The number of ether oxygens (including phenoxy) is 1. The minimum atomic E-state index is -0.288. The highest BCUT2D eigenvalue weighted by atomic mass is 35.5. The molecule has 0 aromatic heterocycles. The summed E-state index contributed by atoms with van der Waals surface area (Å²) in [4.78, 5) is 26.7. The summed E-state index contributed by atoms with van der Waals surface area (Å²) in [6.45, 7) is 1.47. The first-order chi connectivity index (χ1) is 13.1. The molecule has 0 spiro atoms. The van der Waals surface area contributed by atoms with Gasteiger partial charge in [-0.25, -0.2) is 0 Å². The van der Waals surface area contributed by atoms with E-state index in [1.165, 1.54) is 12.8 Å². The molecule has 142 valence electrons. The zero-order valence-corrected chi connectivity index (χ0v) is 15.9. The van der Waals surface area contributed by atoms with Crippen molar-refractivity contribution in [2.45, 2.75) is 25.7 Å². The number of halogens is 1. The van der Waals surface area contributed by atoms with Crippen LogP contribution in [-0.2, 0) is 4.79 Å². The average molecular weight is 387 g/mol. The molecule has 3 rings (SSSR count). The lowest BCUT2D eigenvalue weighted by Crippen LogP contribution is -2.31. The van der Waals surface area contributed by atoms with E-state index in [0.29, 0.717) is 22.0 Å². The zero-order chi connectivity index (χ0) is 19.1. The van der Waals surface area contributed by atoms with Crippen molar-refractivity contribution in [2.24, 2.45) is 0 Å². The minimum absolute atomic E-state index is 0.0189. The average Bonchev–Trinajstić information content (AvgIpc) is 2.97. The van der Waals surface area contributed by atoms with Gasteiger partial charge in [0.05, 0.1) is 0 Å². The van der Waals surface area contributed by atoms with Gasteiger partial charge in [0.2, 0.25) is 0 Å². The number of nitrogens with zero attached hydrogens (tertiary/aromatic N) is 1. The van der Waals surface area contributed by atoms with Crippen LogP contribution >= 0.6 is 11.6 Å². The second-order valence-electron chi connectivity index (χ2n) is 6.58. The van der Waals surface area contributed by atoms with Crippen molar-refractivity contribution in [3.63, 3.8) is 0 Å². The van der Waals surface area contributed by atoms with Gasteiger partial charge in [0.15, 0.2) is 6.61 Å². The van der Waals surface area contributed by atoms with E-state index in [9.17, 15) is 9.59 Å². The van der Waals surface area contributed by atoms with Crippen LogP contribution in [0.4, 0.5) is 5.69 Å². The summed E-state index contributed by atoms with van der Waals surface area (Å²) in [5.74, 6) is 0.300. The van der Waals surface area contributed by atoms with E-state index in [1.54, 1.807) is 48.5 Å². The number of carbonyl (C=O) groups is 2. The topological polar surface area (TPSA) is 58.6 Å². The van der Waals surface area contributed by atoms with Crippen LogP contribution in [-0.4, -0.2) is 36.4 Å². The van der Waals surface area contributed by atoms with E-state index in [1.807, 2.05) is 4.90 Å². The zero-order valence-electron chi connectivity index (χ0n) is 15.1. The second kappa shape index (κ2) is 9.42. The van der Waals surface area contributed by atoms with Crippen molar-refractivity contribution in [3.05, 3.63) is 59.1 Å². The largest absolute Gasteiger partial charge is 0.484 e. The molecule has 2 aromatic carbocycles. The molecule has 0 atom stereocenters. The molecule has 0 saturated carbocycles. The Labute approximate surface area is 164 Å². The SMILES string of the molecule is O=C(COc1ccc(Cl)cc1)Nc1cccc(C(=O)N2CCCCCC2)c1. The Kier molecular flexibility index (Phi) is 6.71. The molecule has 5 nitrogen and oxygen atoms in total. The Morgan fingerprint density at radius 1 is 1.00 bits per heavy atom. The molecular weight excluding hydrogens is 364 g/mol. The highest BCUT2D eigenvalue weighted by Crippen LogP contribution is 2.17. The van der Waals surface area contributed by atoms with Crippen LogP contribution < -0.4 is 10.1 Å². The molecule has 1 fully saturated rings. The van der Waals surface area contributed by atoms with Crippen LogP contribution in [0.5, 0.6) is 5.75 Å². The Morgan fingerprint density at radius 2 is 1.70 bits per heavy atom. The van der Waals surface area contributed by atoms with Crippen LogP contribution in [0, 0.1) is 0 Å². The van der Waals surface area contributed by atoms with Crippen molar-refractivity contribution in [3.8, 4) is 5.75 Å². The molecule has 27 heavy (non-hydrogen) atoms. The predicted molar refractivity (Wildman–Crippen MR) is 106 cm³/mol. The first-order valence-electron chi connectivity index (χ1n) is 9.19. The lowest BCUT2D eigenvalue weighted by atomic mass is 10.1. The molecule has 2 amide bonds. The third-order valence-corrected chi connectivity index (χ3v) is 4.72. The maximum Gasteiger partial charge on any atom is 0.262 e. The maximum atomic E-state index is 12.7. The molecule has 1 N–H and O–H groups in total. The van der Waals surface area contributed by atoms with Gasteiger partial charge in [-0.15, -0.1) is 0 Å². The Bertz CT molecular complexity index is 784. The smallest absolute Gasteiger partial charge is 0.262 e. The summed E-state index contributed by atoms with van der Waals surface area (Å²) in [6.07, 6.45) is 4.44. The lowest BCUT2D eigenvalue weighted by molar-refractivity contribution is -0.118. The summed E-state index contributed by atoms with van der Waals surface area (Å²) in [5.41, 5.74) is 1.17. The normalized spacial score (nSPS) is 14.3. The molecule has 1 saturated heterocycles. The Morgan fingerprint density at radius 3 is 2.41 bits per heavy atom. The molecule has 0 unspecified atom stereocenters. The number of nitrogens with one attached hydrogen (secondary N) is 1. The molecule has 1 heterocycles. The molecule has 6 heteroatoms. The fourth-order valence-electron chi connectivity index (χ4n) is 3.06. The summed E-state index contributed by atoms with van der Waals surface area (Å²) in [7, 11) is 0. The number of hydrogen-bond acceptors (Lipinski definition) is 3. The predicted octanol–water partition coefficient (Wildman–Crippen LogP) is 4.37. The van der Waals surface area contributed by atoms with Crippen LogP contribution in [0.25, 0.3) is 0 Å². The Hall–Kier alpha value is -2.53. The van der Waals surface area contributed by atoms with Crippen molar-refractivity contribution in [1.82, 2.24) is 4.90 Å². The minimum Gasteiger partial charge on any atom is -0.484 e. The van der Waals surface area contributed by atoms with Gasteiger partial charge in [-0.3, -0.25) is 9.59 Å². The van der Waals surface area contributed by atoms with Crippen LogP contribution in [0.1, 0.15) is 36.0 Å². The van der Waals surface area contributed by atoms with Crippen LogP contribution in [0.15, 0.2) is 48.5 Å². The third-order valence-electron chi connectivity index (χ3n) is 4.47. The number of carbonyl (C=O) groups excluding carboxylic acids is 2. The first kappa shape index (κ1) is 19.2. The molecular formula is C21H23ClN2O3. The summed E-state index contributed by atoms with van der Waals surface area (Å²) in [6, 6.07) is 13.9. The monoisotopic (exact) mass is 386 g/mol. The van der Waals surface area contributed by atoms with Gasteiger partial charge in [-0.2, -0.15) is 0 Å². The highest BCUT2D eigenvalue weighted by Gasteiger charge is 2.17. The van der Waals surface area contributed by atoms with Gasteiger partial charge < -0.3 is 15.0 Å². The fraction of sp³-hybridized carbons (Fsp3) is 0.333. The second-order valence-corrected chi connectivity index (χ2v) is 7.01. The molecule has 2 aromatic rings. The van der Waals surface area contributed by atoms with Crippen molar-refractivity contribution >= 4 is 29.1 Å². The lowest BCUT2D eigenvalue weighted by Gasteiger charge is -2.20. The third kappa shape index (κ3) is 5.73. The summed E-state index contributed by atoms with van der Waals surface area (Å²) >= 11 is 5.82. The Balaban J connectivity index is 1.57. The van der Waals surface area contributed by atoms with Gasteiger partial charge in [-0.1, -0.05) is 30.5 Å². The van der Waals surface area contributed by atoms with E-state index in [4.69, 9.17) is 16.3 Å². The number of rotatable bonds is 5. The van der Waals surface area contributed by atoms with Gasteiger partial charge >= 0.3 is 0 Å². The van der Waals surface area contributed by atoms with Crippen molar-refractivity contribution < 1.29 is 14.3 Å². The van der Waals surface area contributed by atoms with E-state index in [-0.39, 0.29) is 18.4 Å². The van der Waals surface area contributed by atoms with Gasteiger partial charge in [0.1, 0.15) is 5.75 Å². The number of anilines is 1. The molecule has 0 bridgehead atoms. The van der Waals surface area contributed by atoms with Gasteiger partial charge in [0.25, 0.3) is 11.8 Å². The molecule has 0 radical (unpaired) electrons. The van der Waals surface area contributed by atoms with Crippen LogP contribution in [0.2, 0.25) is 5.02 Å². The van der Waals surface area contributed by atoms with Crippen LogP contribution in [0.3, 0.4) is 0 Å². The number of hydrogen-bond donors (Lipinski definition) is 1. The van der Waals surface area contributed by atoms with E-state index < -0.39 is 0 Å². The first-order valence-corrected chi connectivity index (χ1v) is 9.57. The summed E-state index contributed by atoms with van der Waals surface area (Å²) in [5, 5.41) is 3.38. The maximum absolute atomic E-state index is 12.7. The summed E-state index contributed by atoms with van der Waals surface area (Å²) < 4.78 is 5.44. The fourth-order valence-corrected chi connectivity index (χ4v) is 3.19. The quantitative estimate of drug-likeness (QED) is 0.829. The van der Waals surface area contributed by atoms with Gasteiger partial charge in [-0.05, 0) is 55.3 Å². The number of likely N-dealkylation sites (tertiary alicyclic amines) is 1. The highest BCUT2D eigenvalue weighted by molar-refractivity contribution is 6.30. The van der Waals surface area contributed by atoms with E-state index in [0.717, 1.165) is 25.9 Å². The van der Waals surface area contributed by atoms with E-state index in [2.05, 4.69) is 5.32 Å². The molecule has 1 aliphatic heterocycles. The van der Waals surface area contributed by atoms with Crippen molar-refractivity contribution in [2.75, 3.05) is 25.0 Å². The van der Waals surface area contributed by atoms with Crippen molar-refractivity contribution in [1.29, 1.82) is 0 Å². The standard InChI is InChI=1S/C21H23ClN2O3/c22-17-8-10-19(11-9-17)27-15-20(25)23-18-7-5-6-16(14-18)21(26)24-12-3-1-2-4-13-24/h5-11,14H,1-4,12-13,15H2,(H,23,25). The molecule has 0 aliphatic carbocycles. The number of benzene rings is 2. The van der Waals surface area contributed by atoms with Gasteiger partial charge in [0, 0.05) is 29.4 Å².